The van der Waals surface area contributed by atoms with Gasteiger partial charge in [-0.15, -0.1) is 0 Å². The Bertz CT molecular complexity index is 1300. The summed E-state index contributed by atoms with van der Waals surface area (Å²) in [6.45, 7) is 2.01. The second-order valence-electron chi connectivity index (χ2n) is 7.89. The van der Waals surface area contributed by atoms with Crippen LogP contribution in [-0.4, -0.2) is 27.5 Å². The van der Waals surface area contributed by atoms with Gasteiger partial charge in [0.1, 0.15) is 5.75 Å². The van der Waals surface area contributed by atoms with E-state index in [9.17, 15) is 9.59 Å². The maximum Gasteiger partial charge on any atom is 0.344 e. The smallest absolute Gasteiger partial charge is 0.344 e. The second-order valence-corrected chi connectivity index (χ2v) is 7.89. The maximum atomic E-state index is 13.1. The number of carbonyl (C=O) groups is 2. The molecule has 0 aliphatic heterocycles. The number of rotatable bonds is 9. The fourth-order valence-electron chi connectivity index (χ4n) is 3.62. The van der Waals surface area contributed by atoms with Gasteiger partial charge in [0.15, 0.2) is 6.10 Å². The van der Waals surface area contributed by atoms with Gasteiger partial charge in [0.05, 0.1) is 5.69 Å². The Hall–Kier alpha value is -4.38. The second kappa shape index (κ2) is 10.5. The molecule has 1 heterocycles. The van der Waals surface area contributed by atoms with Crippen LogP contribution in [0.25, 0.3) is 17.2 Å². The fourth-order valence-corrected chi connectivity index (χ4v) is 3.62. The number of hydrogen-bond acceptors (Lipinski definition) is 3. The van der Waals surface area contributed by atoms with Gasteiger partial charge in [0, 0.05) is 18.3 Å². The van der Waals surface area contributed by atoms with Crippen LogP contribution in [0.5, 0.6) is 5.75 Å². The van der Waals surface area contributed by atoms with Crippen LogP contribution in [0.1, 0.15) is 28.5 Å². The van der Waals surface area contributed by atoms with Gasteiger partial charge in [-0.1, -0.05) is 78.9 Å². The molecule has 0 radical (unpaired) electrons. The number of ether oxygens (including phenoxy) is 1. The molecule has 1 unspecified atom stereocenters. The van der Waals surface area contributed by atoms with E-state index in [4.69, 9.17) is 9.84 Å². The number of ketones is 1. The summed E-state index contributed by atoms with van der Waals surface area (Å²) in [5, 5.41) is 9.01. The van der Waals surface area contributed by atoms with E-state index < -0.39 is 12.1 Å². The number of benzene rings is 3. The van der Waals surface area contributed by atoms with E-state index in [2.05, 4.69) is 0 Å². The van der Waals surface area contributed by atoms with Crippen LogP contribution >= 0.6 is 0 Å². The molecule has 3 aromatic carbocycles. The van der Waals surface area contributed by atoms with Gasteiger partial charge in [-0.2, -0.15) is 0 Å². The Balaban J connectivity index is 1.43. The molecule has 5 nitrogen and oxygen atoms in total. The number of allylic oxidation sites excluding steroid dienone is 1. The number of carboxylic acids is 1. The summed E-state index contributed by atoms with van der Waals surface area (Å²) >= 11 is 0. The number of hydrogen-bond donors (Lipinski definition) is 1. The first-order valence-electron chi connectivity index (χ1n) is 11.0. The molecular formula is C29H25NO4. The highest BCUT2D eigenvalue weighted by atomic mass is 16.5. The Kier molecular flexibility index (Phi) is 7.04. The average molecular weight is 452 g/mol. The summed E-state index contributed by atoms with van der Waals surface area (Å²) in [4.78, 5) is 24.1. The van der Waals surface area contributed by atoms with Crippen LogP contribution in [-0.2, 0) is 11.3 Å². The molecule has 5 heteroatoms. The summed E-state index contributed by atoms with van der Waals surface area (Å²) in [5.41, 5.74) is 4.32. The number of carbonyl (C=O) groups excluding carboxylic acids is 1. The molecule has 1 N–H and O–H groups in total. The minimum Gasteiger partial charge on any atom is -0.479 e. The minimum absolute atomic E-state index is 0.0314. The summed E-state index contributed by atoms with van der Waals surface area (Å²) in [6, 6.07) is 28.6. The lowest BCUT2D eigenvalue weighted by Crippen LogP contribution is -2.22. The van der Waals surface area contributed by atoms with Crippen LogP contribution in [0.2, 0.25) is 0 Å². The number of aromatic nitrogens is 1. The first-order chi connectivity index (χ1) is 16.5. The standard InChI is InChI=1S/C29H25NO4/c1-21(29(32)33)34-26-12-5-8-22(20-26)9-6-18-30-19-7-13-27(30)28(31)25-16-14-24(15-17-25)23-10-3-2-4-11-23/h2-17,19-21H,18H2,1H3,(H,32,33). The molecule has 0 aliphatic carbocycles. The van der Waals surface area contributed by atoms with Crippen molar-refractivity contribution in [1.29, 1.82) is 0 Å². The Morgan fingerprint density at radius 2 is 1.65 bits per heavy atom. The molecule has 0 saturated heterocycles. The predicted octanol–water partition coefficient (Wildman–Crippen LogP) is 5.95. The molecule has 34 heavy (non-hydrogen) atoms. The van der Waals surface area contributed by atoms with E-state index >= 15 is 0 Å². The lowest BCUT2D eigenvalue weighted by Gasteiger charge is -2.10. The molecule has 1 atom stereocenters. The number of nitrogens with zero attached hydrogens (tertiary/aromatic N) is 1. The largest absolute Gasteiger partial charge is 0.479 e. The Morgan fingerprint density at radius 3 is 2.38 bits per heavy atom. The van der Waals surface area contributed by atoms with Crippen LogP contribution in [0.15, 0.2) is 103 Å². The monoisotopic (exact) mass is 451 g/mol. The van der Waals surface area contributed by atoms with Crippen molar-refractivity contribution in [3.05, 3.63) is 120 Å². The van der Waals surface area contributed by atoms with E-state index in [0.29, 0.717) is 23.6 Å². The van der Waals surface area contributed by atoms with E-state index in [1.165, 1.54) is 6.92 Å². The van der Waals surface area contributed by atoms with Gasteiger partial charge in [0.25, 0.3) is 0 Å². The Labute approximate surface area is 198 Å². The van der Waals surface area contributed by atoms with Crippen LogP contribution < -0.4 is 4.74 Å². The fraction of sp³-hybridized carbons (Fsp3) is 0.103. The topological polar surface area (TPSA) is 68.5 Å². The molecule has 1 aromatic heterocycles. The quantitative estimate of drug-likeness (QED) is 0.319. The zero-order valence-electron chi connectivity index (χ0n) is 18.8. The third-order valence-corrected chi connectivity index (χ3v) is 5.45. The highest BCUT2D eigenvalue weighted by Crippen LogP contribution is 2.21. The molecule has 0 fully saturated rings. The highest BCUT2D eigenvalue weighted by Gasteiger charge is 2.14. The van der Waals surface area contributed by atoms with Gasteiger partial charge in [-0.25, -0.2) is 4.79 Å². The van der Waals surface area contributed by atoms with Crippen LogP contribution in [0.3, 0.4) is 0 Å². The zero-order valence-corrected chi connectivity index (χ0v) is 18.8. The van der Waals surface area contributed by atoms with E-state index in [1.54, 1.807) is 12.1 Å². The average Bonchev–Trinajstić information content (AvgIpc) is 3.33. The molecule has 0 aliphatic rings. The van der Waals surface area contributed by atoms with E-state index in [-0.39, 0.29) is 5.78 Å². The van der Waals surface area contributed by atoms with Gasteiger partial charge in [-0.05, 0) is 47.9 Å². The summed E-state index contributed by atoms with van der Waals surface area (Å²) < 4.78 is 7.32. The first kappa shape index (κ1) is 22.8. The molecule has 4 rings (SSSR count). The maximum absolute atomic E-state index is 13.1. The molecule has 0 bridgehead atoms. The van der Waals surface area contributed by atoms with Crippen LogP contribution in [0, 0.1) is 0 Å². The Morgan fingerprint density at radius 1 is 0.912 bits per heavy atom. The zero-order chi connectivity index (χ0) is 23.9. The van der Waals surface area contributed by atoms with Crippen molar-refractivity contribution in [2.24, 2.45) is 0 Å². The lowest BCUT2D eigenvalue weighted by atomic mass is 10.0. The molecule has 4 aromatic rings. The van der Waals surface area contributed by atoms with Gasteiger partial charge in [0.2, 0.25) is 5.78 Å². The minimum atomic E-state index is -1.01. The predicted molar refractivity (Wildman–Crippen MR) is 133 cm³/mol. The third kappa shape index (κ3) is 5.51. The van der Waals surface area contributed by atoms with Crippen molar-refractivity contribution in [2.45, 2.75) is 19.6 Å². The summed E-state index contributed by atoms with van der Waals surface area (Å²) in [5.74, 6) is -0.552. The number of aliphatic carboxylic acids is 1. The van der Waals surface area contributed by atoms with E-state index in [1.807, 2.05) is 102 Å². The molecule has 0 amide bonds. The van der Waals surface area contributed by atoms with Crippen molar-refractivity contribution >= 4 is 17.8 Å². The first-order valence-corrected chi connectivity index (χ1v) is 11.0. The lowest BCUT2D eigenvalue weighted by molar-refractivity contribution is -0.144. The molecule has 0 spiro atoms. The van der Waals surface area contributed by atoms with Gasteiger partial charge < -0.3 is 14.4 Å². The van der Waals surface area contributed by atoms with Gasteiger partial charge in [-0.3, -0.25) is 4.79 Å². The third-order valence-electron chi connectivity index (χ3n) is 5.45. The summed E-state index contributed by atoms with van der Waals surface area (Å²) in [6.07, 6.45) is 4.83. The normalized spacial score (nSPS) is 11.9. The van der Waals surface area contributed by atoms with Crippen molar-refractivity contribution < 1.29 is 19.4 Å². The number of carboxylic acid groups (broad SMARTS) is 1. The van der Waals surface area contributed by atoms with Crippen LogP contribution in [0.4, 0.5) is 0 Å². The van der Waals surface area contributed by atoms with Crippen molar-refractivity contribution in [2.75, 3.05) is 0 Å². The highest BCUT2D eigenvalue weighted by molar-refractivity contribution is 6.08. The van der Waals surface area contributed by atoms with Crippen molar-refractivity contribution in [3.63, 3.8) is 0 Å². The van der Waals surface area contributed by atoms with E-state index in [0.717, 1.165) is 16.7 Å². The van der Waals surface area contributed by atoms with Gasteiger partial charge >= 0.3 is 5.97 Å². The molecule has 0 saturated carbocycles. The van der Waals surface area contributed by atoms with Crippen molar-refractivity contribution in [1.82, 2.24) is 4.57 Å². The summed E-state index contributed by atoms with van der Waals surface area (Å²) in [7, 11) is 0. The SMILES string of the molecule is CC(Oc1cccc(C=CCn2cccc2C(=O)c2ccc(-c3ccccc3)cc2)c1)C(=O)O. The molecular weight excluding hydrogens is 426 g/mol. The molecule has 170 valence electrons. The van der Waals surface area contributed by atoms with Crippen molar-refractivity contribution in [3.8, 4) is 16.9 Å².